The number of para-hydroxylation sites is 1. The van der Waals surface area contributed by atoms with Gasteiger partial charge in [0.25, 0.3) is 0 Å². The van der Waals surface area contributed by atoms with E-state index in [-0.39, 0.29) is 23.5 Å². The Morgan fingerprint density at radius 3 is 1.97 bits per heavy atom. The number of carbonyl (C=O) groups excluding carboxylic acids is 1. The van der Waals surface area contributed by atoms with Gasteiger partial charge >= 0.3 is 0 Å². The maximum absolute atomic E-state index is 13.4. The van der Waals surface area contributed by atoms with Crippen molar-refractivity contribution in [3.63, 3.8) is 0 Å². The van der Waals surface area contributed by atoms with E-state index >= 15 is 0 Å². The predicted octanol–water partition coefficient (Wildman–Crippen LogP) is 4.96. The normalized spacial score (nSPS) is 14.9. The van der Waals surface area contributed by atoms with Gasteiger partial charge in [0.15, 0.2) is 0 Å². The van der Waals surface area contributed by atoms with E-state index in [4.69, 9.17) is 4.74 Å². The van der Waals surface area contributed by atoms with E-state index in [1.807, 2.05) is 30.3 Å². The van der Waals surface area contributed by atoms with Crippen LogP contribution in [-0.2, 0) is 4.79 Å². The molecule has 6 heteroatoms. The number of amides is 1. The first-order valence-electron chi connectivity index (χ1n) is 11.3. The second-order valence-electron chi connectivity index (χ2n) is 8.32. The van der Waals surface area contributed by atoms with E-state index in [0.717, 1.165) is 49.4 Å². The number of carbonyl (C=O) groups is 1. The molecule has 1 aliphatic heterocycles. The SMILES string of the molecule is O=C(NC(c1ccc(F)cc1)c1ccc(F)cc1)C1CCN(CCOc2ccccc2)CC1. The summed E-state index contributed by atoms with van der Waals surface area (Å²) in [6.07, 6.45) is 1.52. The number of nitrogens with one attached hydrogen (secondary N) is 1. The molecule has 3 aromatic rings. The molecule has 0 bridgehead atoms. The van der Waals surface area contributed by atoms with Gasteiger partial charge in [0.2, 0.25) is 5.91 Å². The van der Waals surface area contributed by atoms with Crippen LogP contribution in [0.5, 0.6) is 5.75 Å². The quantitative estimate of drug-likeness (QED) is 0.527. The van der Waals surface area contributed by atoms with E-state index in [2.05, 4.69) is 10.2 Å². The standard InChI is InChI=1S/C27H28F2N2O2/c28-23-10-6-20(7-11-23)26(21-8-12-24(29)13-9-21)30-27(32)22-14-16-31(17-15-22)18-19-33-25-4-2-1-3-5-25/h1-13,22,26H,14-19H2,(H,30,32). The fourth-order valence-corrected chi connectivity index (χ4v) is 4.16. The monoisotopic (exact) mass is 450 g/mol. The first-order chi connectivity index (χ1) is 16.1. The lowest BCUT2D eigenvalue weighted by Crippen LogP contribution is -2.42. The molecule has 3 aromatic carbocycles. The summed E-state index contributed by atoms with van der Waals surface area (Å²) < 4.78 is 32.6. The molecule has 0 radical (unpaired) electrons. The van der Waals surface area contributed by atoms with Crippen molar-refractivity contribution in [3.05, 3.63) is 102 Å². The van der Waals surface area contributed by atoms with E-state index < -0.39 is 6.04 Å². The number of nitrogens with zero attached hydrogens (tertiary/aromatic N) is 1. The second-order valence-corrected chi connectivity index (χ2v) is 8.32. The zero-order valence-electron chi connectivity index (χ0n) is 18.4. The van der Waals surface area contributed by atoms with Gasteiger partial charge in [0.05, 0.1) is 6.04 Å². The lowest BCUT2D eigenvalue weighted by atomic mass is 9.93. The van der Waals surface area contributed by atoms with Crippen molar-refractivity contribution in [1.82, 2.24) is 10.2 Å². The zero-order valence-corrected chi connectivity index (χ0v) is 18.4. The minimum Gasteiger partial charge on any atom is -0.492 e. The van der Waals surface area contributed by atoms with Crippen molar-refractivity contribution in [1.29, 1.82) is 0 Å². The van der Waals surface area contributed by atoms with Crippen LogP contribution in [0.25, 0.3) is 0 Å². The number of hydrogen-bond acceptors (Lipinski definition) is 3. The average Bonchev–Trinajstić information content (AvgIpc) is 2.85. The molecule has 0 atom stereocenters. The summed E-state index contributed by atoms with van der Waals surface area (Å²) in [6, 6.07) is 21.4. The van der Waals surface area contributed by atoms with Gasteiger partial charge in [-0.1, -0.05) is 42.5 Å². The Balaban J connectivity index is 1.32. The third-order valence-electron chi connectivity index (χ3n) is 6.07. The lowest BCUT2D eigenvalue weighted by molar-refractivity contribution is -0.127. The van der Waals surface area contributed by atoms with Crippen LogP contribution in [0.3, 0.4) is 0 Å². The van der Waals surface area contributed by atoms with Crippen LogP contribution in [0.1, 0.15) is 30.0 Å². The van der Waals surface area contributed by atoms with E-state index in [1.165, 1.54) is 24.3 Å². The highest BCUT2D eigenvalue weighted by molar-refractivity contribution is 5.79. The zero-order chi connectivity index (χ0) is 23.0. The summed E-state index contributed by atoms with van der Waals surface area (Å²) in [4.78, 5) is 15.4. The van der Waals surface area contributed by atoms with Crippen molar-refractivity contribution in [2.75, 3.05) is 26.2 Å². The molecule has 0 aliphatic carbocycles. The summed E-state index contributed by atoms with van der Waals surface area (Å²) in [5, 5.41) is 3.11. The van der Waals surface area contributed by atoms with Crippen LogP contribution in [0.2, 0.25) is 0 Å². The topological polar surface area (TPSA) is 41.6 Å². The van der Waals surface area contributed by atoms with Crippen LogP contribution in [0, 0.1) is 17.6 Å². The maximum atomic E-state index is 13.4. The van der Waals surface area contributed by atoms with Crippen molar-refractivity contribution in [2.24, 2.45) is 5.92 Å². The van der Waals surface area contributed by atoms with Gasteiger partial charge in [-0.3, -0.25) is 9.69 Å². The van der Waals surface area contributed by atoms with Crippen molar-refractivity contribution in [3.8, 4) is 5.75 Å². The average molecular weight is 451 g/mol. The highest BCUT2D eigenvalue weighted by Crippen LogP contribution is 2.25. The van der Waals surface area contributed by atoms with Gasteiger partial charge in [0.1, 0.15) is 24.0 Å². The fraction of sp³-hybridized carbons (Fsp3) is 0.296. The Labute approximate surface area is 193 Å². The van der Waals surface area contributed by atoms with E-state index in [1.54, 1.807) is 24.3 Å². The van der Waals surface area contributed by atoms with Gasteiger partial charge in [-0.25, -0.2) is 8.78 Å². The summed E-state index contributed by atoms with van der Waals surface area (Å²) in [6.45, 7) is 3.08. The van der Waals surface area contributed by atoms with Gasteiger partial charge < -0.3 is 10.1 Å². The van der Waals surface area contributed by atoms with Crippen molar-refractivity contribution < 1.29 is 18.3 Å². The molecule has 0 aromatic heterocycles. The molecule has 4 rings (SSSR count). The Kier molecular flexibility index (Phi) is 7.68. The van der Waals surface area contributed by atoms with Gasteiger partial charge in [0, 0.05) is 12.5 Å². The van der Waals surface area contributed by atoms with Gasteiger partial charge in [-0.2, -0.15) is 0 Å². The van der Waals surface area contributed by atoms with Crippen molar-refractivity contribution in [2.45, 2.75) is 18.9 Å². The number of benzene rings is 3. The van der Waals surface area contributed by atoms with E-state index in [9.17, 15) is 13.6 Å². The van der Waals surface area contributed by atoms with Gasteiger partial charge in [-0.05, 0) is 73.5 Å². The second kappa shape index (κ2) is 11.1. The molecule has 172 valence electrons. The highest BCUT2D eigenvalue weighted by Gasteiger charge is 2.27. The number of likely N-dealkylation sites (tertiary alicyclic amines) is 1. The number of ether oxygens (including phenoxy) is 1. The number of piperidine rings is 1. The summed E-state index contributed by atoms with van der Waals surface area (Å²) in [5.41, 5.74) is 1.51. The van der Waals surface area contributed by atoms with Crippen LogP contribution in [0.4, 0.5) is 8.78 Å². The van der Waals surface area contributed by atoms with Crippen LogP contribution >= 0.6 is 0 Å². The molecule has 33 heavy (non-hydrogen) atoms. The third kappa shape index (κ3) is 6.39. The molecular weight excluding hydrogens is 422 g/mol. The molecule has 4 nitrogen and oxygen atoms in total. The molecule has 0 unspecified atom stereocenters. The third-order valence-corrected chi connectivity index (χ3v) is 6.07. The molecule has 1 fully saturated rings. The molecule has 1 amide bonds. The van der Waals surface area contributed by atoms with E-state index in [0.29, 0.717) is 6.61 Å². The van der Waals surface area contributed by atoms with Crippen LogP contribution < -0.4 is 10.1 Å². The molecule has 1 saturated heterocycles. The molecule has 1 N–H and O–H groups in total. The highest BCUT2D eigenvalue weighted by atomic mass is 19.1. The Hall–Kier alpha value is -3.25. The van der Waals surface area contributed by atoms with Crippen molar-refractivity contribution >= 4 is 5.91 Å². The minimum atomic E-state index is -0.462. The lowest BCUT2D eigenvalue weighted by Gasteiger charge is -2.32. The van der Waals surface area contributed by atoms with Crippen LogP contribution in [-0.4, -0.2) is 37.0 Å². The Morgan fingerprint density at radius 1 is 0.879 bits per heavy atom. The number of rotatable bonds is 8. The molecular formula is C27H28F2N2O2. The minimum absolute atomic E-state index is 0.0335. The Morgan fingerprint density at radius 2 is 1.42 bits per heavy atom. The molecule has 1 heterocycles. The Bertz CT molecular complexity index is 973. The molecule has 0 saturated carbocycles. The first kappa shape index (κ1) is 22.9. The summed E-state index contributed by atoms with van der Waals surface area (Å²) in [5.74, 6) is 0.0472. The maximum Gasteiger partial charge on any atom is 0.223 e. The van der Waals surface area contributed by atoms with Gasteiger partial charge in [-0.15, -0.1) is 0 Å². The first-order valence-corrected chi connectivity index (χ1v) is 11.3. The smallest absolute Gasteiger partial charge is 0.223 e. The number of hydrogen-bond donors (Lipinski definition) is 1. The predicted molar refractivity (Wildman–Crippen MR) is 124 cm³/mol. The summed E-state index contributed by atoms with van der Waals surface area (Å²) >= 11 is 0. The number of halogens is 2. The van der Waals surface area contributed by atoms with Crippen LogP contribution in [0.15, 0.2) is 78.9 Å². The molecule has 0 spiro atoms. The fourth-order valence-electron chi connectivity index (χ4n) is 4.16. The summed E-state index contributed by atoms with van der Waals surface area (Å²) in [7, 11) is 0. The largest absolute Gasteiger partial charge is 0.492 e. The molecule has 1 aliphatic rings.